The first-order valence-corrected chi connectivity index (χ1v) is 4.66. The van der Waals surface area contributed by atoms with Crippen LogP contribution in [0.3, 0.4) is 0 Å². The molecule has 0 aliphatic heterocycles. The summed E-state index contributed by atoms with van der Waals surface area (Å²) < 4.78 is 1.09. The first kappa shape index (κ1) is 9.10. The Bertz CT molecular complexity index is 239. The Labute approximate surface area is 80.7 Å². The lowest BCUT2D eigenvalue weighted by molar-refractivity contribution is 0.800. The quantitative estimate of drug-likeness (QED) is 0.590. The number of rotatable bonds is 2. The van der Waals surface area contributed by atoms with Crippen LogP contribution >= 0.6 is 28.6 Å². The van der Waals surface area contributed by atoms with Crippen molar-refractivity contribution >= 4 is 28.6 Å². The fraction of sp³-hybridized carbons (Fsp3) is 0.250. The summed E-state index contributed by atoms with van der Waals surface area (Å²) in [4.78, 5) is 0. The van der Waals surface area contributed by atoms with Crippen molar-refractivity contribution in [3.05, 3.63) is 34.3 Å². The van der Waals surface area contributed by atoms with Gasteiger partial charge in [0.15, 0.2) is 0 Å². The molecule has 0 bridgehead atoms. The first-order chi connectivity index (χ1) is 5.24. The van der Waals surface area contributed by atoms with E-state index in [-0.39, 0.29) is 5.37 Å². The van der Waals surface area contributed by atoms with Crippen molar-refractivity contribution in [2.75, 3.05) is 7.05 Å². The molecule has 0 heterocycles. The van der Waals surface area contributed by atoms with Crippen LogP contribution in [-0.4, -0.2) is 7.05 Å². The number of nitrogens with one attached hydrogen (secondary N) is 1. The van der Waals surface area contributed by atoms with Crippen molar-refractivity contribution in [2.24, 2.45) is 0 Å². The second-order valence-corrected chi connectivity index (χ2v) is 3.68. The van der Waals surface area contributed by atoms with E-state index < -0.39 is 0 Å². The highest BCUT2D eigenvalue weighted by Gasteiger charge is 2.01. The smallest absolute Gasteiger partial charge is 0.0757 e. The van der Waals surface area contributed by atoms with Crippen LogP contribution in [0.15, 0.2) is 28.7 Å². The maximum atomic E-state index is 4.33. The molecule has 1 aromatic carbocycles. The van der Waals surface area contributed by atoms with Crippen LogP contribution in [0.1, 0.15) is 10.9 Å². The highest BCUT2D eigenvalue weighted by Crippen LogP contribution is 2.19. The van der Waals surface area contributed by atoms with E-state index in [1.54, 1.807) is 0 Å². The first-order valence-electron chi connectivity index (χ1n) is 3.35. The van der Waals surface area contributed by atoms with Gasteiger partial charge in [-0.15, -0.1) is 0 Å². The largest absolute Gasteiger partial charge is 0.305 e. The molecule has 0 saturated carbocycles. The maximum Gasteiger partial charge on any atom is 0.0757 e. The average Bonchev–Trinajstić information content (AvgIpc) is 2.03. The van der Waals surface area contributed by atoms with Crippen LogP contribution < -0.4 is 5.32 Å². The molecule has 0 spiro atoms. The third-order valence-electron chi connectivity index (χ3n) is 1.44. The van der Waals surface area contributed by atoms with Crippen molar-refractivity contribution in [3.63, 3.8) is 0 Å². The molecule has 0 fully saturated rings. The SMILES string of the molecule is CNC(S)c1cccc(Br)c1. The maximum absolute atomic E-state index is 4.33. The number of hydrogen-bond donors (Lipinski definition) is 2. The third-order valence-corrected chi connectivity index (χ3v) is 2.49. The molecular weight excluding hydrogens is 222 g/mol. The standard InChI is InChI=1S/C8H10BrNS/c1-10-8(11)6-3-2-4-7(9)5-6/h2-5,8,10-11H,1H3. The summed E-state index contributed by atoms with van der Waals surface area (Å²) in [7, 11) is 1.89. The molecule has 1 aromatic rings. The fourth-order valence-electron chi connectivity index (χ4n) is 0.843. The normalized spacial score (nSPS) is 13.0. The minimum atomic E-state index is 0.118. The lowest BCUT2D eigenvalue weighted by Crippen LogP contribution is -2.09. The summed E-state index contributed by atoms with van der Waals surface area (Å²) in [6, 6.07) is 8.09. The van der Waals surface area contributed by atoms with E-state index in [4.69, 9.17) is 0 Å². The summed E-state index contributed by atoms with van der Waals surface area (Å²) in [5.41, 5.74) is 1.17. The van der Waals surface area contributed by atoms with Crippen LogP contribution in [0, 0.1) is 0 Å². The minimum absolute atomic E-state index is 0.118. The van der Waals surface area contributed by atoms with Crippen LogP contribution in [-0.2, 0) is 0 Å². The van der Waals surface area contributed by atoms with E-state index in [0.717, 1.165) is 4.47 Å². The third kappa shape index (κ3) is 2.51. The van der Waals surface area contributed by atoms with Gasteiger partial charge >= 0.3 is 0 Å². The Morgan fingerprint density at radius 3 is 2.82 bits per heavy atom. The van der Waals surface area contributed by atoms with E-state index in [1.165, 1.54) is 5.56 Å². The lowest BCUT2D eigenvalue weighted by atomic mass is 10.2. The molecule has 1 unspecified atom stereocenters. The molecule has 3 heteroatoms. The van der Waals surface area contributed by atoms with Gasteiger partial charge in [0.25, 0.3) is 0 Å². The molecule has 1 rings (SSSR count). The molecule has 0 amide bonds. The van der Waals surface area contributed by atoms with Gasteiger partial charge in [-0.05, 0) is 24.7 Å². The van der Waals surface area contributed by atoms with Gasteiger partial charge in [0, 0.05) is 4.47 Å². The molecule has 0 radical (unpaired) electrons. The summed E-state index contributed by atoms with van der Waals surface area (Å²) in [5.74, 6) is 0. The Morgan fingerprint density at radius 1 is 1.55 bits per heavy atom. The summed E-state index contributed by atoms with van der Waals surface area (Å²) in [6.45, 7) is 0. The molecule has 1 atom stereocenters. The van der Waals surface area contributed by atoms with Crippen molar-refractivity contribution in [1.29, 1.82) is 0 Å². The van der Waals surface area contributed by atoms with Gasteiger partial charge in [-0.1, -0.05) is 28.1 Å². The van der Waals surface area contributed by atoms with E-state index in [9.17, 15) is 0 Å². The Hall–Kier alpha value is 0.01000. The van der Waals surface area contributed by atoms with Crippen LogP contribution in [0.4, 0.5) is 0 Å². The summed E-state index contributed by atoms with van der Waals surface area (Å²) >= 11 is 7.73. The van der Waals surface area contributed by atoms with Gasteiger partial charge in [0.1, 0.15) is 0 Å². The number of benzene rings is 1. The van der Waals surface area contributed by atoms with Crippen molar-refractivity contribution in [2.45, 2.75) is 5.37 Å². The van der Waals surface area contributed by atoms with Crippen molar-refractivity contribution < 1.29 is 0 Å². The van der Waals surface area contributed by atoms with Gasteiger partial charge in [0.05, 0.1) is 5.37 Å². The van der Waals surface area contributed by atoms with E-state index >= 15 is 0 Å². The van der Waals surface area contributed by atoms with E-state index in [2.05, 4.69) is 33.9 Å². The second kappa shape index (κ2) is 4.14. The zero-order valence-electron chi connectivity index (χ0n) is 6.21. The monoisotopic (exact) mass is 231 g/mol. The summed E-state index contributed by atoms with van der Waals surface area (Å²) in [5, 5.41) is 3.17. The molecule has 11 heavy (non-hydrogen) atoms. The van der Waals surface area contributed by atoms with Gasteiger partial charge in [-0.3, -0.25) is 0 Å². The number of halogens is 1. The molecule has 1 N–H and O–H groups in total. The topological polar surface area (TPSA) is 12.0 Å². The predicted octanol–water partition coefficient (Wildman–Crippen LogP) is 2.60. The highest BCUT2D eigenvalue weighted by molar-refractivity contribution is 9.10. The van der Waals surface area contributed by atoms with Crippen molar-refractivity contribution in [3.8, 4) is 0 Å². The Balaban J connectivity index is 2.86. The van der Waals surface area contributed by atoms with Gasteiger partial charge < -0.3 is 5.32 Å². The van der Waals surface area contributed by atoms with Gasteiger partial charge in [-0.2, -0.15) is 12.6 Å². The van der Waals surface area contributed by atoms with Crippen molar-refractivity contribution in [1.82, 2.24) is 5.32 Å². The van der Waals surface area contributed by atoms with Crippen LogP contribution in [0.2, 0.25) is 0 Å². The lowest BCUT2D eigenvalue weighted by Gasteiger charge is -2.08. The number of hydrogen-bond acceptors (Lipinski definition) is 2. The molecule has 0 aromatic heterocycles. The van der Waals surface area contributed by atoms with Gasteiger partial charge in [-0.25, -0.2) is 0 Å². The molecular formula is C8H10BrNS. The Morgan fingerprint density at radius 2 is 2.27 bits per heavy atom. The zero-order chi connectivity index (χ0) is 8.27. The van der Waals surface area contributed by atoms with Crippen LogP contribution in [0.5, 0.6) is 0 Å². The highest BCUT2D eigenvalue weighted by atomic mass is 79.9. The zero-order valence-corrected chi connectivity index (χ0v) is 8.69. The second-order valence-electron chi connectivity index (χ2n) is 2.25. The van der Waals surface area contributed by atoms with Gasteiger partial charge in [0.2, 0.25) is 0 Å². The molecule has 0 saturated heterocycles. The summed E-state index contributed by atoms with van der Waals surface area (Å²) in [6.07, 6.45) is 0. The Kier molecular flexibility index (Phi) is 3.43. The van der Waals surface area contributed by atoms with E-state index in [1.807, 2.05) is 31.3 Å². The fourth-order valence-corrected chi connectivity index (χ4v) is 1.42. The molecule has 0 aliphatic rings. The van der Waals surface area contributed by atoms with Crippen LogP contribution in [0.25, 0.3) is 0 Å². The minimum Gasteiger partial charge on any atom is -0.305 e. The van der Waals surface area contributed by atoms with E-state index in [0.29, 0.717) is 0 Å². The molecule has 60 valence electrons. The average molecular weight is 232 g/mol. The molecule has 1 nitrogen and oxygen atoms in total. The predicted molar refractivity (Wildman–Crippen MR) is 54.9 cm³/mol. The number of thiol groups is 1. The molecule has 0 aliphatic carbocycles.